The van der Waals surface area contributed by atoms with Gasteiger partial charge in [-0.25, -0.2) is 0 Å². The number of rotatable bonds is 9. The van der Waals surface area contributed by atoms with Crippen molar-refractivity contribution in [2.45, 2.75) is 51.9 Å². The van der Waals surface area contributed by atoms with Crippen LogP contribution in [0.5, 0.6) is 0 Å². The molecule has 1 fully saturated rings. The molecular formula is C19H31N3O. The van der Waals surface area contributed by atoms with Crippen molar-refractivity contribution in [1.82, 2.24) is 5.32 Å². The number of hydrogen-bond donors (Lipinski definition) is 2. The summed E-state index contributed by atoms with van der Waals surface area (Å²) in [4.78, 5) is 14.2. The summed E-state index contributed by atoms with van der Waals surface area (Å²) in [6.45, 7) is 6.00. The van der Waals surface area contributed by atoms with E-state index in [0.29, 0.717) is 13.0 Å². The van der Waals surface area contributed by atoms with Gasteiger partial charge < -0.3 is 15.5 Å². The molecule has 2 rings (SSSR count). The summed E-state index contributed by atoms with van der Waals surface area (Å²) in [5.41, 5.74) is 2.40. The lowest BCUT2D eigenvalue weighted by Crippen LogP contribution is -2.29. The third-order valence-electron chi connectivity index (χ3n) is 4.37. The molecule has 1 amide bonds. The van der Waals surface area contributed by atoms with Crippen molar-refractivity contribution >= 4 is 17.3 Å². The van der Waals surface area contributed by atoms with Gasteiger partial charge in [0.25, 0.3) is 0 Å². The van der Waals surface area contributed by atoms with Gasteiger partial charge in [-0.05, 0) is 49.9 Å². The van der Waals surface area contributed by atoms with Gasteiger partial charge in [-0.15, -0.1) is 0 Å². The summed E-state index contributed by atoms with van der Waals surface area (Å²) in [7, 11) is 0. The molecule has 1 saturated heterocycles. The number of carbonyl (C=O) groups excluding carboxylic acids is 1. The third-order valence-corrected chi connectivity index (χ3v) is 4.37. The molecule has 1 aromatic carbocycles. The normalized spacial score (nSPS) is 14.6. The summed E-state index contributed by atoms with van der Waals surface area (Å²) in [5, 5.41) is 6.30. The maximum absolute atomic E-state index is 11.7. The van der Waals surface area contributed by atoms with Crippen LogP contribution in [0.4, 0.5) is 11.4 Å². The van der Waals surface area contributed by atoms with Crippen LogP contribution in [-0.2, 0) is 4.79 Å². The second-order valence-electron chi connectivity index (χ2n) is 6.33. The van der Waals surface area contributed by atoms with E-state index in [4.69, 9.17) is 0 Å². The summed E-state index contributed by atoms with van der Waals surface area (Å²) in [6, 6.07) is 8.59. The number of unbranched alkanes of at least 4 members (excludes halogenated alkanes) is 2. The number of amides is 1. The minimum atomic E-state index is 0.138. The first-order valence-electron chi connectivity index (χ1n) is 9.15. The van der Waals surface area contributed by atoms with Crippen LogP contribution in [0, 0.1) is 0 Å². The lowest BCUT2D eigenvalue weighted by atomic mass is 10.1. The van der Waals surface area contributed by atoms with Crippen LogP contribution in [-0.4, -0.2) is 32.1 Å². The Morgan fingerprint density at radius 2 is 1.78 bits per heavy atom. The quantitative estimate of drug-likeness (QED) is 0.681. The van der Waals surface area contributed by atoms with E-state index < -0.39 is 0 Å². The number of carbonyl (C=O) groups is 1. The molecule has 0 radical (unpaired) electrons. The van der Waals surface area contributed by atoms with Crippen LogP contribution in [0.25, 0.3) is 0 Å². The molecule has 0 atom stereocenters. The van der Waals surface area contributed by atoms with Crippen LogP contribution in [0.15, 0.2) is 24.3 Å². The Balaban J connectivity index is 1.64. The zero-order chi connectivity index (χ0) is 16.3. The fourth-order valence-corrected chi connectivity index (χ4v) is 2.95. The third kappa shape index (κ3) is 6.51. The average Bonchev–Trinajstić information content (AvgIpc) is 2.60. The van der Waals surface area contributed by atoms with Crippen LogP contribution in [0.1, 0.15) is 51.9 Å². The summed E-state index contributed by atoms with van der Waals surface area (Å²) < 4.78 is 0. The van der Waals surface area contributed by atoms with Gasteiger partial charge in [0, 0.05) is 44.0 Å². The maximum Gasteiger partial charge on any atom is 0.221 e. The lowest BCUT2D eigenvalue weighted by molar-refractivity contribution is -0.120. The van der Waals surface area contributed by atoms with Crippen molar-refractivity contribution in [2.24, 2.45) is 0 Å². The molecule has 0 unspecified atom stereocenters. The molecule has 0 aliphatic carbocycles. The molecule has 23 heavy (non-hydrogen) atoms. The van der Waals surface area contributed by atoms with Crippen LogP contribution >= 0.6 is 0 Å². The van der Waals surface area contributed by atoms with Crippen molar-refractivity contribution in [3.05, 3.63) is 24.3 Å². The van der Waals surface area contributed by atoms with Gasteiger partial charge in [0.2, 0.25) is 5.91 Å². The summed E-state index contributed by atoms with van der Waals surface area (Å²) in [6.07, 6.45) is 7.93. The molecule has 1 heterocycles. The Bertz CT molecular complexity index is 452. The highest BCUT2D eigenvalue weighted by molar-refractivity contribution is 5.76. The van der Waals surface area contributed by atoms with Crippen molar-refractivity contribution in [2.75, 3.05) is 36.4 Å². The molecule has 128 valence electrons. The first-order chi connectivity index (χ1) is 11.3. The zero-order valence-corrected chi connectivity index (χ0v) is 14.4. The molecule has 1 aliphatic rings. The largest absolute Gasteiger partial charge is 0.385 e. The Hall–Kier alpha value is -1.71. The fourth-order valence-electron chi connectivity index (χ4n) is 2.95. The molecule has 0 aromatic heterocycles. The first kappa shape index (κ1) is 17.6. The highest BCUT2D eigenvalue weighted by Crippen LogP contribution is 2.21. The smallest absolute Gasteiger partial charge is 0.221 e. The SMILES string of the molecule is CCCCCNC(=O)CCNc1ccc(N2CCCCC2)cc1. The Morgan fingerprint density at radius 3 is 2.48 bits per heavy atom. The highest BCUT2D eigenvalue weighted by atomic mass is 16.1. The number of piperidine rings is 1. The topological polar surface area (TPSA) is 44.4 Å². The van der Waals surface area contributed by atoms with Crippen molar-refractivity contribution in [3.63, 3.8) is 0 Å². The van der Waals surface area contributed by atoms with E-state index >= 15 is 0 Å². The minimum Gasteiger partial charge on any atom is -0.385 e. The van der Waals surface area contributed by atoms with Crippen molar-refractivity contribution < 1.29 is 4.79 Å². The fraction of sp³-hybridized carbons (Fsp3) is 0.632. The number of nitrogens with zero attached hydrogens (tertiary/aromatic N) is 1. The van der Waals surface area contributed by atoms with E-state index in [1.54, 1.807) is 0 Å². The molecule has 1 aliphatic heterocycles. The highest BCUT2D eigenvalue weighted by Gasteiger charge is 2.10. The standard InChI is InChI=1S/C19H31N3O/c1-2-3-5-13-21-19(23)12-14-20-17-8-10-18(11-9-17)22-15-6-4-7-16-22/h8-11,20H,2-7,12-16H2,1H3,(H,21,23). The Morgan fingerprint density at radius 1 is 1.04 bits per heavy atom. The van der Waals surface area contributed by atoms with Gasteiger partial charge in [-0.2, -0.15) is 0 Å². The van der Waals surface area contributed by atoms with Gasteiger partial charge in [-0.1, -0.05) is 19.8 Å². The molecule has 4 heteroatoms. The van der Waals surface area contributed by atoms with E-state index in [2.05, 4.69) is 46.7 Å². The molecule has 0 spiro atoms. The van der Waals surface area contributed by atoms with Gasteiger partial charge in [-0.3, -0.25) is 4.79 Å². The number of anilines is 2. The second kappa shape index (κ2) is 10.1. The Labute approximate surface area is 140 Å². The monoisotopic (exact) mass is 317 g/mol. The predicted molar refractivity (Wildman–Crippen MR) is 98.1 cm³/mol. The second-order valence-corrected chi connectivity index (χ2v) is 6.33. The molecule has 4 nitrogen and oxygen atoms in total. The number of hydrogen-bond acceptors (Lipinski definition) is 3. The average molecular weight is 317 g/mol. The summed E-state index contributed by atoms with van der Waals surface area (Å²) in [5.74, 6) is 0.138. The maximum atomic E-state index is 11.7. The van der Waals surface area contributed by atoms with E-state index in [-0.39, 0.29) is 5.91 Å². The molecule has 0 bridgehead atoms. The number of nitrogens with one attached hydrogen (secondary N) is 2. The van der Waals surface area contributed by atoms with E-state index in [1.807, 2.05) is 0 Å². The predicted octanol–water partition coefficient (Wildman–Crippen LogP) is 3.79. The summed E-state index contributed by atoms with van der Waals surface area (Å²) >= 11 is 0. The van der Waals surface area contributed by atoms with Crippen LogP contribution in [0.3, 0.4) is 0 Å². The van der Waals surface area contributed by atoms with E-state index in [9.17, 15) is 4.79 Å². The van der Waals surface area contributed by atoms with Gasteiger partial charge in [0.15, 0.2) is 0 Å². The molecule has 0 saturated carbocycles. The van der Waals surface area contributed by atoms with Crippen LogP contribution < -0.4 is 15.5 Å². The van der Waals surface area contributed by atoms with Crippen molar-refractivity contribution in [3.8, 4) is 0 Å². The van der Waals surface area contributed by atoms with Gasteiger partial charge >= 0.3 is 0 Å². The Kier molecular flexibility index (Phi) is 7.78. The molecule has 2 N–H and O–H groups in total. The van der Waals surface area contributed by atoms with E-state index in [1.165, 1.54) is 50.9 Å². The molecular weight excluding hydrogens is 286 g/mol. The van der Waals surface area contributed by atoms with Crippen LogP contribution in [0.2, 0.25) is 0 Å². The van der Waals surface area contributed by atoms with E-state index in [0.717, 1.165) is 18.7 Å². The van der Waals surface area contributed by atoms with Gasteiger partial charge in [0.1, 0.15) is 0 Å². The number of benzene rings is 1. The lowest BCUT2D eigenvalue weighted by Gasteiger charge is -2.28. The molecule has 1 aromatic rings. The zero-order valence-electron chi connectivity index (χ0n) is 14.4. The minimum absolute atomic E-state index is 0.138. The first-order valence-corrected chi connectivity index (χ1v) is 9.15. The van der Waals surface area contributed by atoms with Gasteiger partial charge in [0.05, 0.1) is 0 Å². The van der Waals surface area contributed by atoms with Crippen molar-refractivity contribution in [1.29, 1.82) is 0 Å².